The Morgan fingerprint density at radius 2 is 1.85 bits per heavy atom. The van der Waals surface area contributed by atoms with Gasteiger partial charge in [0.15, 0.2) is 0 Å². The van der Waals surface area contributed by atoms with Crippen LogP contribution in [0.25, 0.3) is 16.3 Å². The Labute approximate surface area is 196 Å². The van der Waals surface area contributed by atoms with Crippen LogP contribution in [0.1, 0.15) is 24.4 Å². The van der Waals surface area contributed by atoms with Crippen LogP contribution in [0.5, 0.6) is 0 Å². The minimum atomic E-state index is -0.801. The SMILES string of the molecule is CC1=C(c2nc(-c3cccs3)no2)C(c2ccc(Cl)cc2)NC(=O)N1c1cc(F)cc(F)c1. The number of hydrogen-bond donors (Lipinski definition) is 1. The van der Waals surface area contributed by atoms with Gasteiger partial charge in [-0.15, -0.1) is 11.3 Å². The zero-order valence-corrected chi connectivity index (χ0v) is 18.6. The highest BCUT2D eigenvalue weighted by Crippen LogP contribution is 2.39. The van der Waals surface area contributed by atoms with Gasteiger partial charge in [-0.1, -0.05) is 35.0 Å². The van der Waals surface area contributed by atoms with Crippen LogP contribution in [0.2, 0.25) is 5.02 Å². The van der Waals surface area contributed by atoms with Gasteiger partial charge in [0.25, 0.3) is 5.89 Å². The quantitative estimate of drug-likeness (QED) is 0.362. The molecule has 0 spiro atoms. The van der Waals surface area contributed by atoms with Crippen molar-refractivity contribution in [2.45, 2.75) is 13.0 Å². The largest absolute Gasteiger partial charge is 0.334 e. The van der Waals surface area contributed by atoms with E-state index in [-0.39, 0.29) is 11.6 Å². The average Bonchev–Trinajstić information content (AvgIpc) is 3.45. The molecule has 0 fully saturated rings. The summed E-state index contributed by atoms with van der Waals surface area (Å²) in [5.41, 5.74) is 1.65. The van der Waals surface area contributed by atoms with Crippen LogP contribution in [-0.4, -0.2) is 16.2 Å². The van der Waals surface area contributed by atoms with Crippen LogP contribution < -0.4 is 10.2 Å². The number of aromatic nitrogens is 2. The zero-order valence-electron chi connectivity index (χ0n) is 17.1. The van der Waals surface area contributed by atoms with E-state index in [1.807, 2.05) is 17.5 Å². The van der Waals surface area contributed by atoms with Crippen LogP contribution in [0.3, 0.4) is 0 Å². The second-order valence-electron chi connectivity index (χ2n) is 7.30. The lowest BCUT2D eigenvalue weighted by Crippen LogP contribution is -2.46. The summed E-state index contributed by atoms with van der Waals surface area (Å²) >= 11 is 7.49. The molecule has 1 aliphatic rings. The third-order valence-corrected chi connectivity index (χ3v) is 6.31. The van der Waals surface area contributed by atoms with Gasteiger partial charge in [-0.25, -0.2) is 13.6 Å². The summed E-state index contributed by atoms with van der Waals surface area (Å²) in [6.45, 7) is 1.66. The monoisotopic (exact) mass is 484 g/mol. The number of amides is 2. The Kier molecular flexibility index (Phi) is 5.43. The van der Waals surface area contributed by atoms with Crippen molar-refractivity contribution in [1.82, 2.24) is 15.5 Å². The lowest BCUT2D eigenvalue weighted by atomic mass is 9.94. The maximum absolute atomic E-state index is 13.9. The molecule has 2 amide bonds. The molecule has 0 bridgehead atoms. The van der Waals surface area contributed by atoms with Gasteiger partial charge in [0, 0.05) is 16.8 Å². The number of urea groups is 1. The molecule has 1 unspecified atom stereocenters. The summed E-state index contributed by atoms with van der Waals surface area (Å²) in [7, 11) is 0. The lowest BCUT2D eigenvalue weighted by Gasteiger charge is -2.35. The Balaban J connectivity index is 1.68. The number of hydrogen-bond acceptors (Lipinski definition) is 5. The van der Waals surface area contributed by atoms with Gasteiger partial charge >= 0.3 is 6.03 Å². The number of nitrogens with zero attached hydrogens (tertiary/aromatic N) is 3. The number of carbonyl (C=O) groups is 1. The summed E-state index contributed by atoms with van der Waals surface area (Å²) in [4.78, 5) is 19.6. The number of halogens is 3. The standard InChI is InChI=1S/C23H15ClF2N4O2S/c1-12-19(22-28-21(29-32-22)18-3-2-8-33-18)20(13-4-6-14(24)7-5-13)27-23(31)30(12)17-10-15(25)9-16(26)11-17/h2-11,20H,1H3,(H,27,31). The summed E-state index contributed by atoms with van der Waals surface area (Å²) < 4.78 is 33.4. The number of anilines is 1. The topological polar surface area (TPSA) is 71.3 Å². The predicted octanol–water partition coefficient (Wildman–Crippen LogP) is 6.43. The minimum absolute atomic E-state index is 0.0348. The number of rotatable bonds is 4. The first kappa shape index (κ1) is 21.3. The summed E-state index contributed by atoms with van der Waals surface area (Å²) in [6, 6.07) is 12.4. The van der Waals surface area contributed by atoms with Gasteiger partial charge in [-0.05, 0) is 48.2 Å². The highest BCUT2D eigenvalue weighted by molar-refractivity contribution is 7.13. The summed E-state index contributed by atoms with van der Waals surface area (Å²) in [5.74, 6) is -1.03. The molecule has 5 rings (SSSR count). The van der Waals surface area contributed by atoms with Gasteiger partial charge in [0.1, 0.15) is 11.6 Å². The second-order valence-corrected chi connectivity index (χ2v) is 8.68. The maximum Gasteiger partial charge on any atom is 0.327 e. The number of nitrogens with one attached hydrogen (secondary N) is 1. The van der Waals surface area contributed by atoms with E-state index in [4.69, 9.17) is 16.1 Å². The van der Waals surface area contributed by atoms with E-state index < -0.39 is 23.7 Å². The van der Waals surface area contributed by atoms with Crippen molar-refractivity contribution in [3.63, 3.8) is 0 Å². The number of thiophene rings is 1. The van der Waals surface area contributed by atoms with E-state index in [1.54, 1.807) is 31.2 Å². The molecule has 3 heterocycles. The molecule has 6 nitrogen and oxygen atoms in total. The van der Waals surface area contributed by atoms with Gasteiger partial charge in [-0.3, -0.25) is 4.90 Å². The zero-order chi connectivity index (χ0) is 23.1. The number of allylic oxidation sites excluding steroid dienone is 1. The van der Waals surface area contributed by atoms with Crippen molar-refractivity contribution >= 4 is 40.2 Å². The van der Waals surface area contributed by atoms with Crippen molar-refractivity contribution < 1.29 is 18.1 Å². The predicted molar refractivity (Wildman–Crippen MR) is 122 cm³/mol. The van der Waals surface area contributed by atoms with Crippen molar-refractivity contribution in [1.29, 1.82) is 0 Å². The first-order valence-corrected chi connectivity index (χ1v) is 11.1. The molecule has 166 valence electrons. The van der Waals surface area contributed by atoms with Crippen molar-refractivity contribution in [3.05, 3.63) is 93.8 Å². The van der Waals surface area contributed by atoms with E-state index in [0.29, 0.717) is 22.1 Å². The fraction of sp³-hybridized carbons (Fsp3) is 0.0870. The fourth-order valence-corrected chi connectivity index (χ4v) is 4.52. The maximum atomic E-state index is 13.9. The van der Waals surface area contributed by atoms with Crippen LogP contribution in [0.4, 0.5) is 19.3 Å². The van der Waals surface area contributed by atoms with Gasteiger partial charge in [-0.2, -0.15) is 4.98 Å². The third-order valence-electron chi connectivity index (χ3n) is 5.19. The Bertz CT molecular complexity index is 1350. The molecular formula is C23H15ClF2N4O2S. The van der Waals surface area contributed by atoms with Gasteiger partial charge < -0.3 is 9.84 Å². The Hall–Kier alpha value is -3.56. The Morgan fingerprint density at radius 3 is 2.52 bits per heavy atom. The first-order chi connectivity index (χ1) is 15.9. The number of benzene rings is 2. The molecule has 0 radical (unpaired) electrons. The molecule has 2 aromatic heterocycles. The van der Waals surface area contributed by atoms with E-state index >= 15 is 0 Å². The molecule has 0 saturated heterocycles. The van der Waals surface area contributed by atoms with E-state index in [9.17, 15) is 13.6 Å². The molecule has 1 N–H and O–H groups in total. The summed E-state index contributed by atoms with van der Waals surface area (Å²) in [6.07, 6.45) is 0. The smallest absolute Gasteiger partial charge is 0.327 e. The van der Waals surface area contributed by atoms with Gasteiger partial charge in [0.05, 0.1) is 22.2 Å². The van der Waals surface area contributed by atoms with Crippen molar-refractivity contribution in [3.8, 4) is 10.7 Å². The fourth-order valence-electron chi connectivity index (χ4n) is 3.74. The van der Waals surface area contributed by atoms with Crippen LogP contribution in [0.15, 0.2) is 70.2 Å². The van der Waals surface area contributed by atoms with E-state index in [2.05, 4.69) is 15.5 Å². The molecule has 1 aliphatic heterocycles. The van der Waals surface area contributed by atoms with E-state index in [1.165, 1.54) is 16.2 Å². The molecule has 2 aromatic carbocycles. The Morgan fingerprint density at radius 1 is 1.12 bits per heavy atom. The molecule has 0 saturated carbocycles. The first-order valence-electron chi connectivity index (χ1n) is 9.81. The minimum Gasteiger partial charge on any atom is -0.334 e. The average molecular weight is 485 g/mol. The van der Waals surface area contributed by atoms with Crippen molar-refractivity contribution in [2.75, 3.05) is 4.90 Å². The molecule has 33 heavy (non-hydrogen) atoms. The van der Waals surface area contributed by atoms with Crippen LogP contribution in [-0.2, 0) is 0 Å². The number of carbonyl (C=O) groups excluding carboxylic acids is 1. The normalized spacial score (nSPS) is 16.3. The van der Waals surface area contributed by atoms with Crippen molar-refractivity contribution in [2.24, 2.45) is 0 Å². The lowest BCUT2D eigenvalue weighted by molar-refractivity contribution is 0.244. The van der Waals surface area contributed by atoms with E-state index in [0.717, 1.165) is 28.6 Å². The molecule has 1 atom stereocenters. The molecule has 10 heteroatoms. The summed E-state index contributed by atoms with van der Waals surface area (Å²) in [5, 5.41) is 9.39. The molecular weight excluding hydrogens is 470 g/mol. The highest BCUT2D eigenvalue weighted by Gasteiger charge is 2.36. The second kappa shape index (κ2) is 8.42. The third kappa shape index (κ3) is 4.01. The molecule has 0 aliphatic carbocycles. The molecule has 4 aromatic rings. The van der Waals surface area contributed by atoms with Gasteiger partial charge in [0.2, 0.25) is 5.82 Å². The van der Waals surface area contributed by atoms with Crippen LogP contribution >= 0.6 is 22.9 Å². The highest BCUT2D eigenvalue weighted by atomic mass is 35.5. The van der Waals surface area contributed by atoms with Crippen LogP contribution in [0, 0.1) is 11.6 Å².